The molecule has 11 nitrogen and oxygen atoms in total. The van der Waals surface area contributed by atoms with Gasteiger partial charge in [0, 0.05) is 5.56 Å². The number of hydrazone groups is 1. The molecule has 1 aromatic heterocycles. The van der Waals surface area contributed by atoms with Gasteiger partial charge in [-0.05, 0) is 67.6 Å². The molecule has 0 aliphatic heterocycles. The number of esters is 1. The number of ether oxygens (including phenoxy) is 3. The SMILES string of the molecule is CCOC(=O)c1ccc(-c2ccc(/C=N\NC(=O)CN(c3ccccc3OC)S(=O)(=O)c3ccc(OC)cc3)o2)cc1. The number of sulfonamides is 1. The number of nitrogens with zero attached hydrogens (tertiary/aromatic N) is 2. The Kier molecular flexibility index (Phi) is 9.61. The molecule has 218 valence electrons. The number of carbonyl (C=O) groups excluding carboxylic acids is 2. The molecule has 1 amide bonds. The van der Waals surface area contributed by atoms with Crippen LogP contribution in [0.15, 0.2) is 99.3 Å². The van der Waals surface area contributed by atoms with Crippen molar-refractivity contribution < 1.29 is 36.6 Å². The van der Waals surface area contributed by atoms with Gasteiger partial charge in [0.25, 0.3) is 15.9 Å². The van der Waals surface area contributed by atoms with E-state index in [9.17, 15) is 18.0 Å². The predicted molar refractivity (Wildman–Crippen MR) is 156 cm³/mol. The van der Waals surface area contributed by atoms with Gasteiger partial charge in [0.1, 0.15) is 29.6 Å². The summed E-state index contributed by atoms with van der Waals surface area (Å²) in [4.78, 5) is 24.7. The van der Waals surface area contributed by atoms with Crippen LogP contribution in [0.4, 0.5) is 5.69 Å². The zero-order chi connectivity index (χ0) is 30.1. The maximum absolute atomic E-state index is 13.6. The summed E-state index contributed by atoms with van der Waals surface area (Å²) < 4.78 is 49.4. The number of hydrogen-bond donors (Lipinski definition) is 1. The molecule has 0 aliphatic carbocycles. The second-order valence-corrected chi connectivity index (χ2v) is 10.5. The molecule has 0 saturated carbocycles. The minimum absolute atomic E-state index is 0.0380. The summed E-state index contributed by atoms with van der Waals surface area (Å²) in [6, 6.07) is 22.4. The lowest BCUT2D eigenvalue weighted by molar-refractivity contribution is -0.119. The molecule has 1 heterocycles. The highest BCUT2D eigenvalue weighted by Crippen LogP contribution is 2.32. The third-order valence-corrected chi connectivity index (χ3v) is 7.75. The lowest BCUT2D eigenvalue weighted by atomic mass is 10.1. The van der Waals surface area contributed by atoms with Gasteiger partial charge >= 0.3 is 5.97 Å². The largest absolute Gasteiger partial charge is 0.497 e. The normalized spacial score (nSPS) is 11.2. The third kappa shape index (κ3) is 6.96. The zero-order valence-corrected chi connectivity index (χ0v) is 24.0. The van der Waals surface area contributed by atoms with Crippen molar-refractivity contribution in [1.29, 1.82) is 0 Å². The highest BCUT2D eigenvalue weighted by Gasteiger charge is 2.29. The fourth-order valence-electron chi connectivity index (χ4n) is 3.91. The van der Waals surface area contributed by atoms with Crippen molar-refractivity contribution in [2.75, 3.05) is 31.7 Å². The second kappa shape index (κ2) is 13.5. The predicted octanol–water partition coefficient (Wildman–Crippen LogP) is 4.49. The van der Waals surface area contributed by atoms with E-state index in [1.54, 1.807) is 67.6 Å². The summed E-state index contributed by atoms with van der Waals surface area (Å²) in [5.41, 5.74) is 3.67. The van der Waals surface area contributed by atoms with Crippen LogP contribution < -0.4 is 19.2 Å². The van der Waals surface area contributed by atoms with Crippen LogP contribution in [0.1, 0.15) is 23.0 Å². The van der Waals surface area contributed by atoms with E-state index in [2.05, 4.69) is 10.5 Å². The van der Waals surface area contributed by atoms with E-state index in [0.717, 1.165) is 9.87 Å². The number of hydrogen-bond acceptors (Lipinski definition) is 9. The Bertz CT molecular complexity index is 1660. The third-order valence-electron chi connectivity index (χ3n) is 5.98. The molecule has 0 saturated heterocycles. The van der Waals surface area contributed by atoms with Crippen molar-refractivity contribution in [3.05, 3.63) is 96.3 Å². The van der Waals surface area contributed by atoms with Gasteiger partial charge in [-0.25, -0.2) is 18.6 Å². The molecule has 0 aliphatic rings. The Morgan fingerprint density at radius 2 is 1.64 bits per heavy atom. The van der Waals surface area contributed by atoms with E-state index in [1.807, 2.05) is 0 Å². The summed E-state index contributed by atoms with van der Waals surface area (Å²) in [6.45, 7) is 1.44. The smallest absolute Gasteiger partial charge is 0.338 e. The topological polar surface area (TPSA) is 137 Å². The van der Waals surface area contributed by atoms with E-state index in [1.165, 1.54) is 44.7 Å². The standard InChI is InChI=1S/C30H29N3O8S/c1-4-40-30(35)22-11-9-21(10-12-22)27-18-15-24(41-27)19-31-32-29(34)20-33(26-7-5-6-8-28(26)39-3)42(36,37)25-16-13-23(38-2)14-17-25/h5-19H,4,20H2,1-3H3,(H,32,34)/b31-19-. The average Bonchev–Trinajstić information content (AvgIpc) is 3.49. The summed E-state index contributed by atoms with van der Waals surface area (Å²) >= 11 is 0. The van der Waals surface area contributed by atoms with Crippen molar-refractivity contribution in [3.8, 4) is 22.8 Å². The van der Waals surface area contributed by atoms with Crippen LogP contribution in [-0.4, -0.2) is 53.9 Å². The van der Waals surface area contributed by atoms with Crippen molar-refractivity contribution in [3.63, 3.8) is 0 Å². The maximum Gasteiger partial charge on any atom is 0.338 e. The molecule has 0 unspecified atom stereocenters. The van der Waals surface area contributed by atoms with Crippen LogP contribution in [0, 0.1) is 0 Å². The summed E-state index contributed by atoms with van der Waals surface area (Å²) in [7, 11) is -1.30. The van der Waals surface area contributed by atoms with E-state index >= 15 is 0 Å². The number of amides is 1. The maximum atomic E-state index is 13.6. The highest BCUT2D eigenvalue weighted by molar-refractivity contribution is 7.92. The zero-order valence-electron chi connectivity index (χ0n) is 23.1. The van der Waals surface area contributed by atoms with E-state index < -0.39 is 28.4 Å². The van der Waals surface area contributed by atoms with Gasteiger partial charge in [-0.2, -0.15) is 5.10 Å². The number of methoxy groups -OCH3 is 2. The molecule has 0 fully saturated rings. The molecule has 4 rings (SSSR count). The first-order chi connectivity index (χ1) is 20.3. The Balaban J connectivity index is 1.48. The van der Waals surface area contributed by atoms with E-state index in [-0.39, 0.29) is 22.9 Å². The number of nitrogens with one attached hydrogen (secondary N) is 1. The molecule has 1 N–H and O–H groups in total. The summed E-state index contributed by atoms with van der Waals surface area (Å²) in [5.74, 6) is 0.506. The molecule has 4 aromatic rings. The molecule has 0 spiro atoms. The van der Waals surface area contributed by atoms with Crippen molar-refractivity contribution >= 4 is 33.8 Å². The molecule has 3 aromatic carbocycles. The Morgan fingerprint density at radius 1 is 0.929 bits per heavy atom. The van der Waals surface area contributed by atoms with Crippen LogP contribution in [0.3, 0.4) is 0 Å². The monoisotopic (exact) mass is 591 g/mol. The van der Waals surface area contributed by atoms with Gasteiger partial charge < -0.3 is 18.6 Å². The first-order valence-corrected chi connectivity index (χ1v) is 14.2. The average molecular weight is 592 g/mol. The number of anilines is 1. The first kappa shape index (κ1) is 29.9. The fourth-order valence-corrected chi connectivity index (χ4v) is 5.34. The minimum atomic E-state index is -4.19. The number of para-hydroxylation sites is 2. The number of carbonyl (C=O) groups is 2. The van der Waals surface area contributed by atoms with Gasteiger partial charge in [0.05, 0.1) is 43.2 Å². The highest BCUT2D eigenvalue weighted by atomic mass is 32.2. The summed E-state index contributed by atoms with van der Waals surface area (Å²) in [6.07, 6.45) is 1.29. The lowest BCUT2D eigenvalue weighted by Crippen LogP contribution is -2.39. The van der Waals surface area contributed by atoms with Gasteiger partial charge in [0.15, 0.2) is 0 Å². The molecular formula is C30H29N3O8S. The minimum Gasteiger partial charge on any atom is -0.497 e. The fraction of sp³-hybridized carbons (Fsp3) is 0.167. The molecule has 0 bridgehead atoms. The number of rotatable bonds is 12. The molecule has 12 heteroatoms. The van der Waals surface area contributed by atoms with E-state index in [4.69, 9.17) is 18.6 Å². The Morgan fingerprint density at radius 3 is 2.31 bits per heavy atom. The van der Waals surface area contributed by atoms with Crippen LogP contribution in [-0.2, 0) is 19.6 Å². The van der Waals surface area contributed by atoms with Gasteiger partial charge in [0.2, 0.25) is 0 Å². The molecule has 0 radical (unpaired) electrons. The van der Waals surface area contributed by atoms with Gasteiger partial charge in [-0.3, -0.25) is 9.10 Å². The Hall–Kier alpha value is -5.10. The molecule has 0 atom stereocenters. The van der Waals surface area contributed by atoms with E-state index in [0.29, 0.717) is 22.8 Å². The van der Waals surface area contributed by atoms with Gasteiger partial charge in [-0.1, -0.05) is 24.3 Å². The molecular weight excluding hydrogens is 562 g/mol. The quantitative estimate of drug-likeness (QED) is 0.145. The van der Waals surface area contributed by atoms with Crippen LogP contribution >= 0.6 is 0 Å². The van der Waals surface area contributed by atoms with Crippen LogP contribution in [0.25, 0.3) is 11.3 Å². The molecule has 42 heavy (non-hydrogen) atoms. The van der Waals surface area contributed by atoms with Gasteiger partial charge in [-0.15, -0.1) is 0 Å². The summed E-state index contributed by atoms with van der Waals surface area (Å²) in [5, 5.41) is 3.92. The number of benzene rings is 3. The van der Waals surface area contributed by atoms with Crippen molar-refractivity contribution in [2.45, 2.75) is 11.8 Å². The number of furan rings is 1. The van der Waals surface area contributed by atoms with Crippen molar-refractivity contribution in [1.82, 2.24) is 5.43 Å². The first-order valence-electron chi connectivity index (χ1n) is 12.8. The van der Waals surface area contributed by atoms with Crippen LogP contribution in [0.5, 0.6) is 11.5 Å². The van der Waals surface area contributed by atoms with Crippen molar-refractivity contribution in [2.24, 2.45) is 5.10 Å². The lowest BCUT2D eigenvalue weighted by Gasteiger charge is -2.25. The second-order valence-electron chi connectivity index (χ2n) is 8.65. The van der Waals surface area contributed by atoms with Crippen LogP contribution in [0.2, 0.25) is 0 Å². The Labute approximate surface area is 243 Å².